The largest absolute Gasteiger partial charge is 0.455 e. The first-order chi connectivity index (χ1) is 20.8. The SMILES string of the molecule is c1cc2ccc3cccc4c(-n5c6ccccc6c6cc(-c7cccc8c7oc7ccccc78)ccc65)cc(c1)c2c34. The summed E-state index contributed by atoms with van der Waals surface area (Å²) in [5.41, 5.74) is 7.76. The zero-order chi connectivity index (χ0) is 27.4. The van der Waals surface area contributed by atoms with Crippen LogP contribution in [-0.4, -0.2) is 4.57 Å². The van der Waals surface area contributed by atoms with Crippen molar-refractivity contribution in [1.29, 1.82) is 0 Å². The highest BCUT2D eigenvalue weighted by Crippen LogP contribution is 2.43. The topological polar surface area (TPSA) is 18.1 Å². The second kappa shape index (κ2) is 7.99. The Morgan fingerprint density at radius 3 is 2.05 bits per heavy atom. The summed E-state index contributed by atoms with van der Waals surface area (Å²) < 4.78 is 8.87. The summed E-state index contributed by atoms with van der Waals surface area (Å²) in [6.45, 7) is 0. The lowest BCUT2D eigenvalue weighted by atomic mass is 9.93. The van der Waals surface area contributed by atoms with Crippen molar-refractivity contribution in [2.75, 3.05) is 0 Å². The van der Waals surface area contributed by atoms with Gasteiger partial charge in [0.1, 0.15) is 11.2 Å². The first kappa shape index (κ1) is 22.1. The van der Waals surface area contributed by atoms with Gasteiger partial charge in [0, 0.05) is 32.5 Å². The Kier molecular flexibility index (Phi) is 4.21. The van der Waals surface area contributed by atoms with Gasteiger partial charge in [0.05, 0.1) is 16.7 Å². The van der Waals surface area contributed by atoms with Crippen LogP contribution in [0.15, 0.2) is 144 Å². The molecule has 0 N–H and O–H groups in total. The van der Waals surface area contributed by atoms with Gasteiger partial charge in [-0.25, -0.2) is 0 Å². The molecule has 2 heteroatoms. The highest BCUT2D eigenvalue weighted by Gasteiger charge is 2.19. The Balaban J connectivity index is 1.30. The molecule has 0 saturated carbocycles. The molecule has 0 bridgehead atoms. The van der Waals surface area contributed by atoms with Gasteiger partial charge in [-0.15, -0.1) is 0 Å². The Morgan fingerprint density at radius 1 is 0.429 bits per heavy atom. The second-order valence-electron chi connectivity index (χ2n) is 11.3. The van der Waals surface area contributed by atoms with E-state index in [2.05, 4.69) is 132 Å². The Labute approximate surface area is 241 Å². The van der Waals surface area contributed by atoms with Crippen LogP contribution in [0.1, 0.15) is 0 Å². The maximum absolute atomic E-state index is 6.42. The smallest absolute Gasteiger partial charge is 0.143 e. The van der Waals surface area contributed by atoms with E-state index >= 15 is 0 Å². The lowest BCUT2D eigenvalue weighted by Gasteiger charge is -2.17. The minimum atomic E-state index is 0.923. The molecular weight excluding hydrogens is 510 g/mol. The van der Waals surface area contributed by atoms with E-state index in [0.717, 1.165) is 33.1 Å². The maximum atomic E-state index is 6.42. The van der Waals surface area contributed by atoms with Crippen LogP contribution in [0.3, 0.4) is 0 Å². The number of fused-ring (bicyclic) bond motifs is 6. The first-order valence-corrected chi connectivity index (χ1v) is 14.4. The second-order valence-corrected chi connectivity index (χ2v) is 11.3. The third-order valence-corrected chi connectivity index (χ3v) is 9.12. The van der Waals surface area contributed by atoms with Gasteiger partial charge < -0.3 is 8.98 Å². The van der Waals surface area contributed by atoms with Crippen LogP contribution in [0.4, 0.5) is 0 Å². The van der Waals surface area contributed by atoms with E-state index in [1.54, 1.807) is 0 Å². The van der Waals surface area contributed by atoms with E-state index in [9.17, 15) is 0 Å². The molecule has 0 unspecified atom stereocenters. The summed E-state index contributed by atoms with van der Waals surface area (Å²) in [7, 11) is 0. The molecular formula is C40H23NO. The van der Waals surface area contributed by atoms with Crippen LogP contribution in [0.2, 0.25) is 0 Å². The molecule has 2 heterocycles. The van der Waals surface area contributed by atoms with Crippen molar-refractivity contribution in [3.63, 3.8) is 0 Å². The fourth-order valence-electron chi connectivity index (χ4n) is 7.30. The molecule has 0 aliphatic heterocycles. The van der Waals surface area contributed by atoms with Gasteiger partial charge >= 0.3 is 0 Å². The third kappa shape index (κ3) is 2.83. The van der Waals surface area contributed by atoms with Crippen molar-refractivity contribution in [3.05, 3.63) is 140 Å². The van der Waals surface area contributed by atoms with Crippen molar-refractivity contribution in [3.8, 4) is 16.8 Å². The average molecular weight is 534 g/mol. The summed E-state index contributed by atoms with van der Waals surface area (Å²) >= 11 is 0. The molecule has 0 aliphatic carbocycles. The predicted molar refractivity (Wildman–Crippen MR) is 177 cm³/mol. The van der Waals surface area contributed by atoms with Crippen molar-refractivity contribution in [2.45, 2.75) is 0 Å². The van der Waals surface area contributed by atoms with Crippen LogP contribution < -0.4 is 0 Å². The quantitative estimate of drug-likeness (QED) is 0.202. The van der Waals surface area contributed by atoms with Gasteiger partial charge in [-0.2, -0.15) is 0 Å². The zero-order valence-electron chi connectivity index (χ0n) is 22.6. The molecule has 0 amide bonds. The number of aromatic nitrogens is 1. The number of rotatable bonds is 2. The van der Waals surface area contributed by atoms with Crippen molar-refractivity contribution in [1.82, 2.24) is 4.57 Å². The van der Waals surface area contributed by atoms with Gasteiger partial charge in [0.25, 0.3) is 0 Å². The molecule has 194 valence electrons. The normalized spacial score (nSPS) is 12.3. The highest BCUT2D eigenvalue weighted by atomic mass is 16.3. The fraction of sp³-hybridized carbons (Fsp3) is 0. The lowest BCUT2D eigenvalue weighted by Crippen LogP contribution is -1.97. The number of furan rings is 1. The summed E-state index contributed by atoms with van der Waals surface area (Å²) in [6, 6.07) is 50.6. The van der Waals surface area contributed by atoms with E-state index in [4.69, 9.17) is 4.42 Å². The Hall–Kier alpha value is -5.60. The molecule has 42 heavy (non-hydrogen) atoms. The van der Waals surface area contributed by atoms with Crippen LogP contribution in [0.5, 0.6) is 0 Å². The van der Waals surface area contributed by atoms with Crippen molar-refractivity contribution < 1.29 is 4.42 Å². The molecule has 0 spiro atoms. The number of benzene rings is 8. The van der Waals surface area contributed by atoms with Crippen LogP contribution in [-0.2, 0) is 0 Å². The minimum absolute atomic E-state index is 0.923. The molecule has 0 atom stereocenters. The van der Waals surface area contributed by atoms with Gasteiger partial charge in [-0.3, -0.25) is 0 Å². The maximum Gasteiger partial charge on any atom is 0.143 e. The summed E-state index contributed by atoms with van der Waals surface area (Å²) in [5.74, 6) is 0. The molecule has 2 aromatic heterocycles. The van der Waals surface area contributed by atoms with E-state index in [0.29, 0.717) is 0 Å². The number of nitrogens with zero attached hydrogens (tertiary/aromatic N) is 1. The van der Waals surface area contributed by atoms with E-state index in [1.165, 1.54) is 59.8 Å². The molecule has 10 rings (SSSR count). The minimum Gasteiger partial charge on any atom is -0.455 e. The summed E-state index contributed by atoms with van der Waals surface area (Å²) in [4.78, 5) is 0. The van der Waals surface area contributed by atoms with Gasteiger partial charge in [0.2, 0.25) is 0 Å². The Bertz CT molecular complexity index is 2690. The lowest BCUT2D eigenvalue weighted by molar-refractivity contribution is 0.670. The molecule has 0 saturated heterocycles. The van der Waals surface area contributed by atoms with Crippen LogP contribution >= 0.6 is 0 Å². The molecule has 10 aromatic rings. The number of hydrogen-bond donors (Lipinski definition) is 0. The molecule has 2 nitrogen and oxygen atoms in total. The average Bonchev–Trinajstić information content (AvgIpc) is 3.59. The number of para-hydroxylation sites is 3. The molecule has 0 aliphatic rings. The van der Waals surface area contributed by atoms with E-state index in [1.807, 2.05) is 12.1 Å². The highest BCUT2D eigenvalue weighted by molar-refractivity contribution is 6.26. The van der Waals surface area contributed by atoms with Crippen LogP contribution in [0, 0.1) is 0 Å². The van der Waals surface area contributed by atoms with Gasteiger partial charge in [0.15, 0.2) is 0 Å². The number of hydrogen-bond acceptors (Lipinski definition) is 1. The summed E-state index contributed by atoms with van der Waals surface area (Å²) in [5, 5.41) is 12.6. The Morgan fingerprint density at radius 2 is 1.12 bits per heavy atom. The fourth-order valence-corrected chi connectivity index (χ4v) is 7.30. The molecule has 8 aromatic carbocycles. The van der Waals surface area contributed by atoms with Crippen molar-refractivity contribution in [2.24, 2.45) is 0 Å². The van der Waals surface area contributed by atoms with Crippen molar-refractivity contribution >= 4 is 76.1 Å². The van der Waals surface area contributed by atoms with Crippen LogP contribution in [0.25, 0.3) is 92.9 Å². The zero-order valence-corrected chi connectivity index (χ0v) is 22.6. The summed E-state index contributed by atoms with van der Waals surface area (Å²) in [6.07, 6.45) is 0. The van der Waals surface area contributed by atoms with E-state index < -0.39 is 0 Å². The van der Waals surface area contributed by atoms with E-state index in [-0.39, 0.29) is 0 Å². The standard InChI is InChI=1S/C40H23NO/c1-3-16-34-29(11-1)33-22-26(28-13-7-14-31-30-12-2-4-17-37(30)42-40(28)31)20-21-35(33)41(34)36-23-27-10-5-8-24-18-19-25-9-6-15-32(36)39(25)38(24)27/h1-23H. The third-order valence-electron chi connectivity index (χ3n) is 9.12. The molecule has 0 radical (unpaired) electrons. The molecule has 0 fully saturated rings. The van der Waals surface area contributed by atoms with Gasteiger partial charge in [-0.1, -0.05) is 109 Å². The van der Waals surface area contributed by atoms with Gasteiger partial charge in [-0.05, 0) is 62.8 Å². The predicted octanol–water partition coefficient (Wildman–Crippen LogP) is 11.2. The first-order valence-electron chi connectivity index (χ1n) is 14.4. The monoisotopic (exact) mass is 533 g/mol.